The first-order chi connectivity index (χ1) is 20.1. The molecule has 0 spiro atoms. The van der Waals surface area contributed by atoms with Gasteiger partial charge in [0.1, 0.15) is 11.9 Å². The minimum Gasteiger partial charge on any atom is -0.390 e. The van der Waals surface area contributed by atoms with Crippen LogP contribution in [0.5, 0.6) is 0 Å². The molecule has 0 fully saturated rings. The van der Waals surface area contributed by atoms with E-state index in [1.54, 1.807) is 12.1 Å². The van der Waals surface area contributed by atoms with E-state index in [4.69, 9.17) is 11.6 Å². The van der Waals surface area contributed by atoms with Crippen molar-refractivity contribution in [1.29, 1.82) is 0 Å². The van der Waals surface area contributed by atoms with Crippen LogP contribution >= 0.6 is 34.7 Å². The van der Waals surface area contributed by atoms with E-state index >= 15 is 0 Å². The molecule has 0 saturated carbocycles. The molecule has 2 aromatic carbocycles. The molecule has 0 unspecified atom stereocenters. The first-order valence-corrected chi connectivity index (χ1v) is 18.0. The highest BCUT2D eigenvalue weighted by molar-refractivity contribution is 8.00. The average molecular weight is 669 g/mol. The van der Waals surface area contributed by atoms with Crippen LogP contribution < -0.4 is 10.6 Å². The van der Waals surface area contributed by atoms with Crippen LogP contribution in [0, 0.1) is 11.3 Å². The molecule has 43 heavy (non-hydrogen) atoms. The molecule has 1 aromatic heterocycles. The molecule has 0 saturated heterocycles. The van der Waals surface area contributed by atoms with Gasteiger partial charge in [-0.2, -0.15) is 4.31 Å². The van der Waals surface area contributed by atoms with Crippen LogP contribution in [-0.2, 0) is 26.0 Å². The largest absolute Gasteiger partial charge is 0.390 e. The second-order valence-electron chi connectivity index (χ2n) is 11.9. The Morgan fingerprint density at radius 1 is 1.09 bits per heavy atom. The SMILES string of the molecule is CSc1nc2ccc(S(=O)(=O)N(CC(C)C)C[C@H](O)[C@H](Cc3ccccc3)NC(=O)[C@@H](NC(=O)CCl)C(C)(C)C)cc2s1. The number of halogens is 1. The van der Waals surface area contributed by atoms with Gasteiger partial charge < -0.3 is 15.7 Å². The Hall–Kier alpha value is -2.22. The summed E-state index contributed by atoms with van der Waals surface area (Å²) in [7, 11) is -4.01. The molecular weight excluding hydrogens is 628 g/mol. The van der Waals surface area contributed by atoms with E-state index < -0.39 is 45.4 Å². The zero-order valence-electron chi connectivity index (χ0n) is 25.3. The van der Waals surface area contributed by atoms with Crippen LogP contribution in [0.2, 0.25) is 0 Å². The lowest BCUT2D eigenvalue weighted by molar-refractivity contribution is -0.131. The lowest BCUT2D eigenvalue weighted by atomic mass is 9.85. The summed E-state index contributed by atoms with van der Waals surface area (Å²) < 4.78 is 30.8. The van der Waals surface area contributed by atoms with Crippen molar-refractivity contribution >= 4 is 66.8 Å². The monoisotopic (exact) mass is 668 g/mol. The van der Waals surface area contributed by atoms with Gasteiger partial charge in [0.15, 0.2) is 4.34 Å². The number of carbonyl (C=O) groups excluding carboxylic acids is 2. The number of thioether (sulfide) groups is 1. The first-order valence-electron chi connectivity index (χ1n) is 14.0. The molecule has 3 aromatic rings. The number of sulfonamides is 1. The number of amides is 2. The van der Waals surface area contributed by atoms with Crippen molar-refractivity contribution in [2.45, 2.75) is 68.5 Å². The van der Waals surface area contributed by atoms with Crippen LogP contribution in [0.25, 0.3) is 10.2 Å². The molecule has 0 aliphatic heterocycles. The first kappa shape index (κ1) is 35.3. The summed E-state index contributed by atoms with van der Waals surface area (Å²) in [6.07, 6.45) is 0.896. The van der Waals surface area contributed by atoms with Gasteiger partial charge in [-0.3, -0.25) is 9.59 Å². The van der Waals surface area contributed by atoms with E-state index in [9.17, 15) is 23.1 Å². The van der Waals surface area contributed by atoms with Gasteiger partial charge in [0.2, 0.25) is 21.8 Å². The van der Waals surface area contributed by atoms with Crippen molar-refractivity contribution in [2.75, 3.05) is 25.2 Å². The summed E-state index contributed by atoms with van der Waals surface area (Å²) in [5, 5.41) is 17.2. The van der Waals surface area contributed by atoms with Crippen molar-refractivity contribution in [3.63, 3.8) is 0 Å². The minimum absolute atomic E-state index is 0.0320. The maximum atomic E-state index is 14.0. The highest BCUT2D eigenvalue weighted by Crippen LogP contribution is 2.31. The smallest absolute Gasteiger partial charge is 0.243 e. The number of benzene rings is 2. The number of aliphatic hydroxyl groups is 1. The predicted molar refractivity (Wildman–Crippen MR) is 175 cm³/mol. The standard InChI is InChI=1S/C30H41ClN4O5S3/c1-19(2)17-35(43(39,40)21-12-13-22-25(15-21)42-29(33-22)41-6)18-24(36)23(14-20-10-8-7-9-11-20)32-28(38)27(30(3,4)5)34-26(37)16-31/h7-13,15,19,23-24,27,36H,14,16-18H2,1-6H3,(H,32,38)(H,34,37)/t23-,24-,27+/m0/s1. The number of carbonyl (C=O) groups is 2. The summed E-state index contributed by atoms with van der Waals surface area (Å²) in [6, 6.07) is 12.4. The summed E-state index contributed by atoms with van der Waals surface area (Å²) >= 11 is 8.62. The molecule has 3 atom stereocenters. The Bertz CT molecular complexity index is 1490. The Morgan fingerprint density at radius 3 is 2.35 bits per heavy atom. The van der Waals surface area contributed by atoms with E-state index in [1.165, 1.54) is 33.5 Å². The number of nitrogens with zero attached hydrogens (tertiary/aromatic N) is 2. The summed E-state index contributed by atoms with van der Waals surface area (Å²) in [6.45, 7) is 9.17. The summed E-state index contributed by atoms with van der Waals surface area (Å²) in [5.41, 5.74) is 0.915. The molecule has 236 valence electrons. The van der Waals surface area contributed by atoms with Crippen molar-refractivity contribution in [1.82, 2.24) is 19.9 Å². The summed E-state index contributed by atoms with van der Waals surface area (Å²) in [4.78, 5) is 30.3. The molecule has 2 amide bonds. The minimum atomic E-state index is -4.01. The highest BCUT2D eigenvalue weighted by atomic mass is 35.5. The molecule has 1 heterocycles. The Labute approximate surface area is 267 Å². The number of aromatic nitrogens is 1. The highest BCUT2D eigenvalue weighted by Gasteiger charge is 2.36. The van der Waals surface area contributed by atoms with Crippen molar-refractivity contribution in [2.24, 2.45) is 11.3 Å². The quantitative estimate of drug-likeness (QED) is 0.170. The third-order valence-electron chi connectivity index (χ3n) is 6.76. The van der Waals surface area contributed by atoms with Crippen LogP contribution in [0.15, 0.2) is 57.8 Å². The third-order valence-corrected chi connectivity index (χ3v) is 10.8. The molecule has 3 N–H and O–H groups in total. The number of rotatable bonds is 14. The van der Waals surface area contributed by atoms with Gasteiger partial charge in [-0.05, 0) is 47.8 Å². The number of nitrogens with one attached hydrogen (secondary N) is 2. The fraction of sp³-hybridized carbons (Fsp3) is 0.500. The Morgan fingerprint density at radius 2 is 1.77 bits per heavy atom. The van der Waals surface area contributed by atoms with Crippen molar-refractivity contribution in [3.05, 3.63) is 54.1 Å². The topological polar surface area (TPSA) is 129 Å². The second-order valence-corrected chi connectivity index (χ2v) is 16.2. The second kappa shape index (κ2) is 15.2. The zero-order chi connectivity index (χ0) is 31.9. The van der Waals surface area contributed by atoms with E-state index in [1.807, 2.05) is 71.2 Å². The van der Waals surface area contributed by atoms with Gasteiger partial charge in [0.05, 0.1) is 27.3 Å². The van der Waals surface area contributed by atoms with Crippen LogP contribution in [0.1, 0.15) is 40.2 Å². The predicted octanol–water partition coefficient (Wildman–Crippen LogP) is 4.52. The lowest BCUT2D eigenvalue weighted by Gasteiger charge is -2.34. The van der Waals surface area contributed by atoms with Crippen LogP contribution in [0.3, 0.4) is 0 Å². The summed E-state index contributed by atoms with van der Waals surface area (Å²) in [5.74, 6) is -1.32. The van der Waals surface area contributed by atoms with Gasteiger partial charge >= 0.3 is 0 Å². The molecule has 0 aliphatic carbocycles. The maximum absolute atomic E-state index is 14.0. The number of aliphatic hydroxyl groups excluding tert-OH is 1. The van der Waals surface area contributed by atoms with Gasteiger partial charge in [0.25, 0.3) is 0 Å². The number of thiazole rings is 1. The molecule has 3 rings (SSSR count). The molecule has 0 radical (unpaired) electrons. The number of alkyl halides is 1. The number of fused-ring (bicyclic) bond motifs is 1. The fourth-order valence-electron chi connectivity index (χ4n) is 4.59. The maximum Gasteiger partial charge on any atom is 0.243 e. The molecule has 9 nitrogen and oxygen atoms in total. The van der Waals surface area contributed by atoms with Crippen molar-refractivity contribution in [3.8, 4) is 0 Å². The normalized spacial score (nSPS) is 14.6. The van der Waals surface area contributed by atoms with E-state index in [0.717, 1.165) is 20.1 Å². The van der Waals surface area contributed by atoms with Gasteiger partial charge in [-0.1, -0.05) is 76.7 Å². The Balaban J connectivity index is 1.94. The fourth-order valence-corrected chi connectivity index (χ4v) is 7.92. The van der Waals surface area contributed by atoms with Gasteiger partial charge in [-0.25, -0.2) is 13.4 Å². The van der Waals surface area contributed by atoms with E-state index in [2.05, 4.69) is 15.6 Å². The van der Waals surface area contributed by atoms with Gasteiger partial charge in [0, 0.05) is 13.1 Å². The van der Waals surface area contributed by atoms with Crippen molar-refractivity contribution < 1.29 is 23.1 Å². The molecule has 0 bridgehead atoms. The molecule has 0 aliphatic rings. The Kier molecular flexibility index (Phi) is 12.4. The molecule has 13 heteroatoms. The third kappa shape index (κ3) is 9.63. The average Bonchev–Trinajstić information content (AvgIpc) is 3.37. The lowest BCUT2D eigenvalue weighted by Crippen LogP contribution is -2.59. The number of hydrogen-bond donors (Lipinski definition) is 3. The zero-order valence-corrected chi connectivity index (χ0v) is 28.5. The molecular formula is C30H41ClN4O5S3. The van der Waals surface area contributed by atoms with E-state index in [-0.39, 0.29) is 36.2 Å². The van der Waals surface area contributed by atoms with Crippen LogP contribution in [0.4, 0.5) is 0 Å². The van der Waals surface area contributed by atoms with E-state index in [0.29, 0.717) is 0 Å². The van der Waals surface area contributed by atoms with Gasteiger partial charge in [-0.15, -0.1) is 22.9 Å². The van der Waals surface area contributed by atoms with Crippen LogP contribution in [-0.4, -0.2) is 78.0 Å². The number of hydrogen-bond acceptors (Lipinski definition) is 8.